The van der Waals surface area contributed by atoms with Crippen LogP contribution in [0.2, 0.25) is 0 Å². The maximum absolute atomic E-state index is 4.73. The van der Waals surface area contributed by atoms with Crippen LogP contribution >= 0.6 is 0 Å². The molecule has 0 aliphatic rings. The lowest BCUT2D eigenvalue weighted by Crippen LogP contribution is -2.02. The first-order chi connectivity index (χ1) is 10.1. The molecule has 0 fully saturated rings. The van der Waals surface area contributed by atoms with Crippen LogP contribution in [0.5, 0.6) is 0 Å². The topological polar surface area (TPSA) is 43.6 Å². The van der Waals surface area contributed by atoms with Crippen molar-refractivity contribution in [3.63, 3.8) is 0 Å². The highest BCUT2D eigenvalue weighted by atomic mass is 15.2. The number of fused-ring (bicyclic) bond motifs is 1. The Labute approximate surface area is 124 Å². The average molecular weight is 280 g/mol. The quantitative estimate of drug-likeness (QED) is 0.737. The van der Waals surface area contributed by atoms with Crippen LogP contribution in [0.4, 0.5) is 0 Å². The number of rotatable bonds is 3. The SMILES string of the molecule is CCc1ccc(-n2c(CC)nc3c(C)nc(C)nc32)cc1. The molecule has 0 atom stereocenters. The number of hydrogen-bond donors (Lipinski definition) is 0. The van der Waals surface area contributed by atoms with E-state index in [4.69, 9.17) is 4.98 Å². The fraction of sp³-hybridized carbons (Fsp3) is 0.353. The van der Waals surface area contributed by atoms with Crippen LogP contribution in [-0.2, 0) is 12.8 Å². The molecule has 0 aliphatic carbocycles. The van der Waals surface area contributed by atoms with E-state index in [1.165, 1.54) is 5.56 Å². The molecule has 0 radical (unpaired) electrons. The van der Waals surface area contributed by atoms with Crippen LogP contribution in [0, 0.1) is 13.8 Å². The summed E-state index contributed by atoms with van der Waals surface area (Å²) in [6, 6.07) is 8.63. The van der Waals surface area contributed by atoms with Crippen molar-refractivity contribution < 1.29 is 0 Å². The van der Waals surface area contributed by atoms with Gasteiger partial charge in [0.1, 0.15) is 17.2 Å². The van der Waals surface area contributed by atoms with Gasteiger partial charge in [0.2, 0.25) is 0 Å². The van der Waals surface area contributed by atoms with E-state index in [0.717, 1.165) is 47.0 Å². The zero-order chi connectivity index (χ0) is 15.0. The first-order valence-corrected chi connectivity index (χ1v) is 7.46. The standard InChI is InChI=1S/C17H20N4/c1-5-13-7-9-14(10-8-13)21-15(6-2)20-16-11(3)18-12(4)19-17(16)21/h7-10H,5-6H2,1-4H3. The van der Waals surface area contributed by atoms with E-state index in [0.29, 0.717) is 0 Å². The van der Waals surface area contributed by atoms with Gasteiger partial charge in [0.25, 0.3) is 0 Å². The highest BCUT2D eigenvalue weighted by Crippen LogP contribution is 2.22. The number of nitrogens with zero attached hydrogens (tertiary/aromatic N) is 4. The average Bonchev–Trinajstić information content (AvgIpc) is 2.86. The Morgan fingerprint density at radius 1 is 0.905 bits per heavy atom. The summed E-state index contributed by atoms with van der Waals surface area (Å²) < 4.78 is 2.15. The first kappa shape index (κ1) is 13.7. The molecule has 0 unspecified atom stereocenters. The van der Waals surface area contributed by atoms with Crippen molar-refractivity contribution in [1.82, 2.24) is 19.5 Å². The Bertz CT molecular complexity index is 785. The zero-order valence-electron chi connectivity index (χ0n) is 13.0. The Balaban J connectivity index is 2.28. The van der Waals surface area contributed by atoms with E-state index in [1.807, 2.05) is 13.8 Å². The lowest BCUT2D eigenvalue weighted by Gasteiger charge is -2.08. The zero-order valence-corrected chi connectivity index (χ0v) is 13.0. The second kappa shape index (κ2) is 5.28. The molecule has 2 heterocycles. The highest BCUT2D eigenvalue weighted by Gasteiger charge is 2.15. The molecule has 4 nitrogen and oxygen atoms in total. The minimum atomic E-state index is 0.786. The van der Waals surface area contributed by atoms with Gasteiger partial charge in [0.05, 0.1) is 5.69 Å². The summed E-state index contributed by atoms with van der Waals surface area (Å²) in [5.74, 6) is 1.81. The Morgan fingerprint density at radius 3 is 2.24 bits per heavy atom. The summed E-state index contributed by atoms with van der Waals surface area (Å²) in [5.41, 5.74) is 5.20. The van der Waals surface area contributed by atoms with E-state index in [1.54, 1.807) is 0 Å². The van der Waals surface area contributed by atoms with Crippen molar-refractivity contribution in [2.24, 2.45) is 0 Å². The smallest absolute Gasteiger partial charge is 0.168 e. The van der Waals surface area contributed by atoms with Crippen molar-refractivity contribution >= 4 is 11.2 Å². The van der Waals surface area contributed by atoms with Crippen LogP contribution < -0.4 is 0 Å². The van der Waals surface area contributed by atoms with Gasteiger partial charge in [0.15, 0.2) is 5.65 Å². The van der Waals surface area contributed by atoms with E-state index >= 15 is 0 Å². The second-order valence-corrected chi connectivity index (χ2v) is 5.27. The van der Waals surface area contributed by atoms with Gasteiger partial charge in [0, 0.05) is 12.1 Å². The predicted octanol–water partition coefficient (Wildman–Crippen LogP) is 3.56. The third-order valence-electron chi connectivity index (χ3n) is 3.78. The first-order valence-electron chi connectivity index (χ1n) is 7.46. The monoisotopic (exact) mass is 280 g/mol. The van der Waals surface area contributed by atoms with Crippen molar-refractivity contribution in [2.45, 2.75) is 40.5 Å². The van der Waals surface area contributed by atoms with Gasteiger partial charge >= 0.3 is 0 Å². The molecule has 3 aromatic rings. The van der Waals surface area contributed by atoms with E-state index < -0.39 is 0 Å². The van der Waals surface area contributed by atoms with Crippen molar-refractivity contribution in [3.8, 4) is 5.69 Å². The summed E-state index contributed by atoms with van der Waals surface area (Å²) in [7, 11) is 0. The van der Waals surface area contributed by atoms with Gasteiger partial charge in [-0.15, -0.1) is 0 Å². The normalized spacial score (nSPS) is 11.2. The van der Waals surface area contributed by atoms with Gasteiger partial charge < -0.3 is 0 Å². The fourth-order valence-electron chi connectivity index (χ4n) is 2.67. The van der Waals surface area contributed by atoms with Gasteiger partial charge in [-0.05, 0) is 38.0 Å². The van der Waals surface area contributed by atoms with E-state index in [2.05, 4.69) is 52.6 Å². The number of aromatic nitrogens is 4. The molecule has 0 amide bonds. The lowest BCUT2D eigenvalue weighted by atomic mass is 10.1. The molecule has 3 rings (SSSR count). The summed E-state index contributed by atoms with van der Waals surface area (Å²) in [6.45, 7) is 8.20. The summed E-state index contributed by atoms with van der Waals surface area (Å²) in [5, 5.41) is 0. The fourth-order valence-corrected chi connectivity index (χ4v) is 2.67. The molecule has 0 spiro atoms. The lowest BCUT2D eigenvalue weighted by molar-refractivity contribution is 0.897. The van der Waals surface area contributed by atoms with E-state index in [-0.39, 0.29) is 0 Å². The molecule has 0 N–H and O–H groups in total. The molecule has 108 valence electrons. The molecule has 21 heavy (non-hydrogen) atoms. The minimum absolute atomic E-state index is 0.786. The molecular formula is C17H20N4. The molecule has 0 bridgehead atoms. The van der Waals surface area contributed by atoms with Crippen molar-refractivity contribution in [2.75, 3.05) is 0 Å². The summed E-state index contributed by atoms with van der Waals surface area (Å²) in [4.78, 5) is 13.8. The Kier molecular flexibility index (Phi) is 3.45. The number of aryl methyl sites for hydroxylation is 4. The van der Waals surface area contributed by atoms with Gasteiger partial charge in [-0.1, -0.05) is 26.0 Å². The van der Waals surface area contributed by atoms with Gasteiger partial charge in [-0.2, -0.15) is 0 Å². The van der Waals surface area contributed by atoms with Crippen LogP contribution in [0.3, 0.4) is 0 Å². The molecule has 1 aromatic carbocycles. The third-order valence-corrected chi connectivity index (χ3v) is 3.78. The highest BCUT2D eigenvalue weighted by molar-refractivity contribution is 5.76. The molecule has 0 saturated carbocycles. The van der Waals surface area contributed by atoms with Crippen LogP contribution in [0.1, 0.15) is 36.8 Å². The molecule has 0 aliphatic heterocycles. The second-order valence-electron chi connectivity index (χ2n) is 5.27. The Hall–Kier alpha value is -2.23. The number of imidazole rings is 1. The number of hydrogen-bond acceptors (Lipinski definition) is 3. The predicted molar refractivity (Wildman–Crippen MR) is 84.9 cm³/mol. The molecule has 0 saturated heterocycles. The van der Waals surface area contributed by atoms with Crippen molar-refractivity contribution in [1.29, 1.82) is 0 Å². The summed E-state index contributed by atoms with van der Waals surface area (Å²) >= 11 is 0. The van der Waals surface area contributed by atoms with E-state index in [9.17, 15) is 0 Å². The largest absolute Gasteiger partial charge is 0.281 e. The molecular weight excluding hydrogens is 260 g/mol. The van der Waals surface area contributed by atoms with Crippen LogP contribution in [0.25, 0.3) is 16.9 Å². The summed E-state index contributed by atoms with van der Waals surface area (Å²) in [6.07, 6.45) is 1.91. The van der Waals surface area contributed by atoms with Gasteiger partial charge in [-0.25, -0.2) is 15.0 Å². The Morgan fingerprint density at radius 2 is 1.62 bits per heavy atom. The maximum Gasteiger partial charge on any atom is 0.168 e. The molecule has 4 heteroatoms. The maximum atomic E-state index is 4.73. The van der Waals surface area contributed by atoms with Gasteiger partial charge in [-0.3, -0.25) is 4.57 Å². The number of benzene rings is 1. The minimum Gasteiger partial charge on any atom is -0.281 e. The van der Waals surface area contributed by atoms with Crippen molar-refractivity contribution in [3.05, 3.63) is 47.2 Å². The molecule has 2 aromatic heterocycles. The van der Waals surface area contributed by atoms with Crippen LogP contribution in [-0.4, -0.2) is 19.5 Å². The third kappa shape index (κ3) is 2.31. The van der Waals surface area contributed by atoms with Crippen LogP contribution in [0.15, 0.2) is 24.3 Å².